The van der Waals surface area contributed by atoms with Crippen LogP contribution in [0, 0.1) is 0 Å². The number of esters is 1. The third kappa shape index (κ3) is 14.9. The molecule has 15 heteroatoms. The Balaban J connectivity index is 0.000000162. The Morgan fingerprint density at radius 3 is 1.01 bits per heavy atom. The van der Waals surface area contributed by atoms with E-state index in [4.69, 9.17) is 9.72 Å². The van der Waals surface area contributed by atoms with Crippen LogP contribution in [0.2, 0.25) is 0 Å². The van der Waals surface area contributed by atoms with E-state index < -0.39 is 0 Å². The Hall–Kier alpha value is -7.85. The number of ether oxygens (including phenoxy) is 1. The van der Waals surface area contributed by atoms with E-state index in [0.29, 0.717) is 11.1 Å². The lowest BCUT2D eigenvalue weighted by atomic mass is 9.86. The molecule has 3 heterocycles. The highest BCUT2D eigenvalue weighted by Gasteiger charge is 2.15. The van der Waals surface area contributed by atoms with Gasteiger partial charge in [0.1, 0.15) is 0 Å². The number of carbonyl (C=O) groups excluding carboxylic acids is 2. The largest absolute Gasteiger partial charge is 0.465 e. The van der Waals surface area contributed by atoms with E-state index in [1.807, 2.05) is 114 Å². The molecule has 380 valence electrons. The second-order valence-corrected chi connectivity index (χ2v) is 21.4. The number of anilines is 9. The first-order valence-electron chi connectivity index (χ1n) is 23.8. The smallest absolute Gasteiger partial charge is 0.337 e. The molecule has 3 aromatic heterocycles. The molecule has 9 aromatic rings. The number of rotatable bonds is 14. The molecule has 6 aromatic carbocycles. The molecule has 0 amide bonds. The molecule has 0 saturated heterocycles. The number of nitrogens with zero attached hydrogens (tertiary/aromatic N) is 6. The van der Waals surface area contributed by atoms with Crippen molar-refractivity contribution in [3.63, 3.8) is 0 Å². The van der Waals surface area contributed by atoms with Crippen LogP contribution >= 0.6 is 34.0 Å². The minimum absolute atomic E-state index is 0.0726. The molecule has 0 fully saturated rings. The first-order chi connectivity index (χ1) is 35.4. The lowest BCUT2D eigenvalue weighted by Gasteiger charge is -2.18. The van der Waals surface area contributed by atoms with Crippen molar-refractivity contribution in [3.05, 3.63) is 178 Å². The van der Waals surface area contributed by atoms with Crippen LogP contribution in [0.4, 0.5) is 49.5 Å². The predicted octanol–water partition coefficient (Wildman–Crippen LogP) is 15.1. The standard InChI is InChI=1S/C21H25N3S.C19H19N3O2S.C19H19N3OS/c1-21(2,3)16-8-6-15(7-9-16)19-14-25-20(23-19)22-17-10-12-18(13-11-17)24(4)5;1-22(2)16-10-8-15(9-11-16)20-19-21-17(12-25-19)13-4-6-14(7-5-13)18(23)24-3;1-13(23)14-4-6-15(7-5-14)18-12-24-19(21-18)20-16-8-10-17(11-9-16)22(2)3/h6-14H,1-5H3,(H,22,23);4-12H,1-3H3,(H,20,21);4-12H,1-3H3,(H,20,21). The average Bonchev–Trinajstić information content (AvgIpc) is 4.19. The molecule has 74 heavy (non-hydrogen) atoms. The Kier molecular flexibility index (Phi) is 18.0. The summed E-state index contributed by atoms with van der Waals surface area (Å²) < 4.78 is 4.71. The van der Waals surface area contributed by atoms with Gasteiger partial charge in [0.2, 0.25) is 0 Å². The van der Waals surface area contributed by atoms with Gasteiger partial charge >= 0.3 is 5.97 Å². The normalized spacial score (nSPS) is 10.7. The minimum Gasteiger partial charge on any atom is -0.465 e. The van der Waals surface area contributed by atoms with Gasteiger partial charge in [-0.2, -0.15) is 0 Å². The molecule has 0 bridgehead atoms. The maximum Gasteiger partial charge on any atom is 0.337 e. The summed E-state index contributed by atoms with van der Waals surface area (Å²) in [7, 11) is 13.5. The van der Waals surface area contributed by atoms with Gasteiger partial charge in [0, 0.05) is 115 Å². The number of nitrogens with one attached hydrogen (secondary N) is 3. The molecule has 3 N–H and O–H groups in total. The van der Waals surface area contributed by atoms with Gasteiger partial charge in [-0.15, -0.1) is 34.0 Å². The van der Waals surface area contributed by atoms with Gasteiger partial charge in [0.15, 0.2) is 21.2 Å². The molecule has 0 radical (unpaired) electrons. The molecule has 0 aliphatic rings. The Morgan fingerprint density at radius 1 is 0.446 bits per heavy atom. The minimum atomic E-state index is -0.339. The predicted molar refractivity (Wildman–Crippen MR) is 315 cm³/mol. The van der Waals surface area contributed by atoms with Crippen molar-refractivity contribution in [2.45, 2.75) is 33.1 Å². The Bertz CT molecular complexity index is 3210. The molecule has 0 spiro atoms. The summed E-state index contributed by atoms with van der Waals surface area (Å²) in [5.74, 6) is -0.267. The zero-order valence-corrected chi connectivity index (χ0v) is 46.2. The molecular formula is C59H63N9O3S3. The van der Waals surface area contributed by atoms with Gasteiger partial charge in [-0.3, -0.25) is 4.79 Å². The van der Waals surface area contributed by atoms with Crippen LogP contribution in [-0.4, -0.2) is 76.1 Å². The van der Waals surface area contributed by atoms with E-state index in [2.05, 4.69) is 140 Å². The summed E-state index contributed by atoms with van der Waals surface area (Å²) in [6.45, 7) is 8.26. The van der Waals surface area contributed by atoms with Gasteiger partial charge in [0.25, 0.3) is 0 Å². The number of hydrogen-bond acceptors (Lipinski definition) is 15. The van der Waals surface area contributed by atoms with Gasteiger partial charge in [-0.05, 0) is 103 Å². The summed E-state index contributed by atoms with van der Waals surface area (Å²) in [5.41, 5.74) is 15.2. The van der Waals surface area contributed by atoms with Crippen LogP contribution in [0.1, 0.15) is 54.0 Å². The number of aromatic nitrogens is 3. The fourth-order valence-corrected chi connectivity index (χ4v) is 9.42. The molecule has 0 saturated carbocycles. The molecule has 12 nitrogen and oxygen atoms in total. The number of methoxy groups -OCH3 is 1. The lowest BCUT2D eigenvalue weighted by molar-refractivity contribution is 0.0600. The topological polar surface area (TPSA) is 128 Å². The van der Waals surface area contributed by atoms with E-state index in [0.717, 1.165) is 77.6 Å². The van der Waals surface area contributed by atoms with Gasteiger partial charge in [-0.1, -0.05) is 81.4 Å². The van der Waals surface area contributed by atoms with Crippen LogP contribution in [0.3, 0.4) is 0 Å². The first kappa shape index (κ1) is 53.9. The fourth-order valence-electron chi connectivity index (χ4n) is 7.20. The second-order valence-electron chi connectivity index (χ2n) is 18.8. The van der Waals surface area contributed by atoms with E-state index >= 15 is 0 Å². The number of thiazole rings is 3. The summed E-state index contributed by atoms with van der Waals surface area (Å²) >= 11 is 4.73. The third-order valence-electron chi connectivity index (χ3n) is 11.7. The summed E-state index contributed by atoms with van der Waals surface area (Å²) in [6, 6.07) is 48.2. The van der Waals surface area contributed by atoms with Crippen molar-refractivity contribution >= 4 is 95.3 Å². The van der Waals surface area contributed by atoms with Crippen molar-refractivity contribution in [3.8, 4) is 33.8 Å². The van der Waals surface area contributed by atoms with Crippen molar-refractivity contribution in [2.24, 2.45) is 0 Å². The highest BCUT2D eigenvalue weighted by Crippen LogP contribution is 2.32. The number of ketones is 1. The number of benzene rings is 6. The average molecular weight is 1040 g/mol. The number of carbonyl (C=O) groups is 2. The first-order valence-corrected chi connectivity index (χ1v) is 26.5. The molecular weight excluding hydrogens is 979 g/mol. The second kappa shape index (κ2) is 24.7. The fraction of sp³-hybridized carbons (Fsp3) is 0.203. The lowest BCUT2D eigenvalue weighted by Crippen LogP contribution is -2.10. The van der Waals surface area contributed by atoms with Crippen molar-refractivity contribution < 1.29 is 14.3 Å². The van der Waals surface area contributed by atoms with Crippen LogP contribution in [0.5, 0.6) is 0 Å². The van der Waals surface area contributed by atoms with E-state index in [1.165, 1.54) is 18.4 Å². The molecule has 0 atom stereocenters. The summed E-state index contributed by atoms with van der Waals surface area (Å²) in [4.78, 5) is 43.0. The molecule has 9 rings (SSSR count). The zero-order chi connectivity index (χ0) is 52.9. The van der Waals surface area contributed by atoms with Crippen molar-refractivity contribution in [1.29, 1.82) is 0 Å². The number of Topliss-reactive ketones (excluding diaryl/α,β-unsaturated/α-hetero) is 1. The van der Waals surface area contributed by atoms with E-state index in [9.17, 15) is 9.59 Å². The van der Waals surface area contributed by atoms with Crippen LogP contribution in [0.25, 0.3) is 33.8 Å². The van der Waals surface area contributed by atoms with Gasteiger partial charge in [-0.25, -0.2) is 19.7 Å². The Morgan fingerprint density at radius 2 is 0.743 bits per heavy atom. The number of hydrogen-bond donors (Lipinski definition) is 3. The summed E-state index contributed by atoms with van der Waals surface area (Å²) in [5, 5.41) is 18.7. The quantitative estimate of drug-likeness (QED) is 0.0709. The zero-order valence-electron chi connectivity index (χ0n) is 43.7. The highest BCUT2D eigenvalue weighted by molar-refractivity contribution is 7.14. The third-order valence-corrected chi connectivity index (χ3v) is 13.9. The molecule has 0 aliphatic heterocycles. The monoisotopic (exact) mass is 1040 g/mol. The van der Waals surface area contributed by atoms with E-state index in [-0.39, 0.29) is 17.2 Å². The van der Waals surface area contributed by atoms with Crippen LogP contribution < -0.4 is 30.7 Å². The van der Waals surface area contributed by atoms with Gasteiger partial charge < -0.3 is 35.4 Å². The maximum absolute atomic E-state index is 11.5. The van der Waals surface area contributed by atoms with Crippen molar-refractivity contribution in [1.82, 2.24) is 15.0 Å². The van der Waals surface area contributed by atoms with Crippen molar-refractivity contribution in [2.75, 3.05) is 80.0 Å². The van der Waals surface area contributed by atoms with Crippen LogP contribution in [-0.2, 0) is 10.2 Å². The molecule has 0 unspecified atom stereocenters. The molecule has 0 aliphatic carbocycles. The Labute approximate surface area is 447 Å². The van der Waals surface area contributed by atoms with E-state index in [1.54, 1.807) is 53.1 Å². The van der Waals surface area contributed by atoms with Crippen LogP contribution in [0.15, 0.2) is 162 Å². The highest BCUT2D eigenvalue weighted by atomic mass is 32.1. The maximum atomic E-state index is 11.5. The SMILES string of the molecule is CC(=O)c1ccc(-c2csc(Nc3ccc(N(C)C)cc3)n2)cc1.CN(C)c1ccc(Nc2nc(-c3ccc(C(C)(C)C)cc3)cs2)cc1.COC(=O)c1ccc(-c2csc(Nc3ccc(N(C)C)cc3)n2)cc1. The summed E-state index contributed by atoms with van der Waals surface area (Å²) in [6.07, 6.45) is 0. The van der Waals surface area contributed by atoms with Gasteiger partial charge in [0.05, 0.1) is 29.8 Å².